The highest BCUT2D eigenvalue weighted by atomic mass is 19.1. The third kappa shape index (κ3) is 3.57. The van der Waals surface area contributed by atoms with Crippen molar-refractivity contribution >= 4 is 11.6 Å². The average Bonchev–Trinajstić information content (AvgIpc) is 3.45. The van der Waals surface area contributed by atoms with E-state index in [9.17, 15) is 9.18 Å². The van der Waals surface area contributed by atoms with Crippen molar-refractivity contribution < 1.29 is 13.9 Å². The second-order valence-electron chi connectivity index (χ2n) is 6.28. The molecule has 1 aliphatic carbocycles. The van der Waals surface area contributed by atoms with Crippen molar-refractivity contribution in [3.63, 3.8) is 0 Å². The molecule has 0 bridgehead atoms. The van der Waals surface area contributed by atoms with Crippen LogP contribution in [-0.4, -0.2) is 10.9 Å². The van der Waals surface area contributed by atoms with Crippen LogP contribution < -0.4 is 10.1 Å². The fourth-order valence-corrected chi connectivity index (χ4v) is 2.99. The highest BCUT2D eigenvalue weighted by molar-refractivity contribution is 5.96. The van der Waals surface area contributed by atoms with Crippen LogP contribution in [0.3, 0.4) is 0 Å². The quantitative estimate of drug-likeness (QED) is 0.723. The zero-order chi connectivity index (χ0) is 17.9. The van der Waals surface area contributed by atoms with E-state index >= 15 is 0 Å². The van der Waals surface area contributed by atoms with Crippen LogP contribution in [0.15, 0.2) is 73.1 Å². The number of nitrogens with zero attached hydrogens (tertiary/aromatic N) is 1. The number of aromatic nitrogens is 1. The minimum absolute atomic E-state index is 0.0471. The first-order valence-corrected chi connectivity index (χ1v) is 8.44. The molecule has 0 radical (unpaired) electrons. The van der Waals surface area contributed by atoms with Gasteiger partial charge in [-0.15, -0.1) is 0 Å². The Morgan fingerprint density at radius 3 is 2.81 bits per heavy atom. The van der Waals surface area contributed by atoms with Crippen LogP contribution in [0.25, 0.3) is 0 Å². The molecule has 5 heteroatoms. The molecule has 4 rings (SSSR count). The Bertz CT molecular complexity index is 930. The highest BCUT2D eigenvalue weighted by Crippen LogP contribution is 2.48. The monoisotopic (exact) mass is 348 g/mol. The molecule has 1 fully saturated rings. The maximum atomic E-state index is 13.3. The molecule has 1 amide bonds. The molecule has 0 unspecified atom stereocenters. The van der Waals surface area contributed by atoms with Crippen molar-refractivity contribution in [2.45, 2.75) is 12.3 Å². The summed E-state index contributed by atoms with van der Waals surface area (Å²) in [7, 11) is 0. The number of carbonyl (C=O) groups excluding carboxylic acids is 1. The molecule has 130 valence electrons. The molecule has 2 atom stereocenters. The first kappa shape index (κ1) is 16.3. The average molecular weight is 348 g/mol. The van der Waals surface area contributed by atoms with Crippen molar-refractivity contribution in [3.8, 4) is 11.5 Å². The van der Waals surface area contributed by atoms with E-state index in [0.717, 1.165) is 12.0 Å². The predicted molar refractivity (Wildman–Crippen MR) is 96.6 cm³/mol. The van der Waals surface area contributed by atoms with Crippen LogP contribution >= 0.6 is 0 Å². The number of hydrogen-bond acceptors (Lipinski definition) is 3. The summed E-state index contributed by atoms with van der Waals surface area (Å²) in [6.45, 7) is 0. The van der Waals surface area contributed by atoms with E-state index in [1.54, 1.807) is 42.7 Å². The van der Waals surface area contributed by atoms with Gasteiger partial charge < -0.3 is 10.1 Å². The zero-order valence-corrected chi connectivity index (χ0v) is 13.9. The molecule has 0 aliphatic heterocycles. The summed E-state index contributed by atoms with van der Waals surface area (Å²) < 4.78 is 19.1. The number of anilines is 1. The summed E-state index contributed by atoms with van der Waals surface area (Å²) in [6.07, 6.45) is 4.34. The van der Waals surface area contributed by atoms with Crippen molar-refractivity contribution in [2.24, 2.45) is 5.92 Å². The molecular formula is C21H17FN2O2. The Balaban J connectivity index is 1.46. The standard InChI is InChI=1S/C21H17FN2O2/c22-15-6-3-7-16(11-15)26-20-9-2-1-8-19(20)24-21(25)18-12-17(18)14-5-4-10-23-13-14/h1-11,13,17-18H,12H2,(H,24,25)/t17-,18+/m1/s1. The lowest BCUT2D eigenvalue weighted by molar-refractivity contribution is -0.117. The van der Waals surface area contributed by atoms with Gasteiger partial charge in [0, 0.05) is 24.4 Å². The van der Waals surface area contributed by atoms with Crippen molar-refractivity contribution in [2.75, 3.05) is 5.32 Å². The molecule has 0 saturated heterocycles. The minimum Gasteiger partial charge on any atom is -0.455 e. The third-order valence-corrected chi connectivity index (χ3v) is 4.41. The molecule has 3 aromatic rings. The number of ether oxygens (including phenoxy) is 1. The third-order valence-electron chi connectivity index (χ3n) is 4.41. The lowest BCUT2D eigenvalue weighted by Gasteiger charge is -2.12. The predicted octanol–water partition coefficient (Wildman–Crippen LogP) is 4.76. The Morgan fingerprint density at radius 1 is 1.12 bits per heavy atom. The summed E-state index contributed by atoms with van der Waals surface area (Å²) in [5.74, 6) is 0.577. The topological polar surface area (TPSA) is 51.2 Å². The van der Waals surface area contributed by atoms with E-state index in [4.69, 9.17) is 4.74 Å². The van der Waals surface area contributed by atoms with Gasteiger partial charge in [-0.2, -0.15) is 0 Å². The molecule has 2 aromatic carbocycles. The van der Waals surface area contributed by atoms with Gasteiger partial charge in [0.1, 0.15) is 11.6 Å². The fraction of sp³-hybridized carbons (Fsp3) is 0.143. The highest BCUT2D eigenvalue weighted by Gasteiger charge is 2.44. The van der Waals surface area contributed by atoms with Gasteiger partial charge >= 0.3 is 0 Å². The van der Waals surface area contributed by atoms with E-state index in [2.05, 4.69) is 10.3 Å². The van der Waals surface area contributed by atoms with Crippen LogP contribution in [0.5, 0.6) is 11.5 Å². The van der Waals surface area contributed by atoms with E-state index in [-0.39, 0.29) is 23.6 Å². The first-order valence-electron chi connectivity index (χ1n) is 8.44. The van der Waals surface area contributed by atoms with Crippen LogP contribution in [0.4, 0.5) is 10.1 Å². The molecule has 0 spiro atoms. The summed E-state index contributed by atoms with van der Waals surface area (Å²) in [4.78, 5) is 16.7. The molecule has 1 aliphatic rings. The smallest absolute Gasteiger partial charge is 0.228 e. The maximum absolute atomic E-state index is 13.3. The summed E-state index contributed by atoms with van der Waals surface area (Å²) in [5, 5.41) is 2.93. The van der Waals surface area contributed by atoms with E-state index in [0.29, 0.717) is 17.2 Å². The Kier molecular flexibility index (Phi) is 4.35. The van der Waals surface area contributed by atoms with Gasteiger partial charge in [-0.3, -0.25) is 9.78 Å². The van der Waals surface area contributed by atoms with Crippen LogP contribution in [-0.2, 0) is 4.79 Å². The minimum atomic E-state index is -0.374. The molecule has 4 nitrogen and oxygen atoms in total. The maximum Gasteiger partial charge on any atom is 0.228 e. The van der Waals surface area contributed by atoms with Gasteiger partial charge in [0.05, 0.1) is 5.69 Å². The molecule has 1 heterocycles. The van der Waals surface area contributed by atoms with Gasteiger partial charge in [0.25, 0.3) is 0 Å². The van der Waals surface area contributed by atoms with Crippen LogP contribution in [0.1, 0.15) is 17.9 Å². The number of pyridine rings is 1. The van der Waals surface area contributed by atoms with Gasteiger partial charge in [-0.25, -0.2) is 4.39 Å². The second kappa shape index (κ2) is 6.96. The number of amides is 1. The largest absolute Gasteiger partial charge is 0.455 e. The van der Waals surface area contributed by atoms with E-state index in [1.807, 2.05) is 18.2 Å². The number of benzene rings is 2. The summed E-state index contributed by atoms with van der Waals surface area (Å²) in [5.41, 5.74) is 1.65. The molecule has 1 N–H and O–H groups in total. The van der Waals surface area contributed by atoms with E-state index < -0.39 is 0 Å². The lowest BCUT2D eigenvalue weighted by Crippen LogP contribution is -2.15. The Morgan fingerprint density at radius 2 is 2.00 bits per heavy atom. The van der Waals surface area contributed by atoms with Gasteiger partial charge in [0.2, 0.25) is 5.91 Å². The fourth-order valence-electron chi connectivity index (χ4n) is 2.99. The van der Waals surface area contributed by atoms with Crippen LogP contribution in [0.2, 0.25) is 0 Å². The molecule has 1 saturated carbocycles. The number of halogens is 1. The number of carbonyl (C=O) groups is 1. The number of hydrogen-bond donors (Lipinski definition) is 1. The zero-order valence-electron chi connectivity index (χ0n) is 13.9. The summed E-state index contributed by atoms with van der Waals surface area (Å²) >= 11 is 0. The molecule has 26 heavy (non-hydrogen) atoms. The summed E-state index contributed by atoms with van der Waals surface area (Å²) in [6, 6.07) is 16.9. The number of para-hydroxylation sites is 2. The molecule has 1 aromatic heterocycles. The number of nitrogens with one attached hydrogen (secondary N) is 1. The van der Waals surface area contributed by atoms with Gasteiger partial charge in [-0.05, 0) is 48.2 Å². The second-order valence-corrected chi connectivity index (χ2v) is 6.28. The first-order chi connectivity index (χ1) is 12.7. The van der Waals surface area contributed by atoms with Crippen molar-refractivity contribution in [1.82, 2.24) is 4.98 Å². The number of rotatable bonds is 5. The Labute approximate surface area is 150 Å². The van der Waals surface area contributed by atoms with Crippen LogP contribution in [0, 0.1) is 11.7 Å². The normalized spacial score (nSPS) is 18.2. The molecular weight excluding hydrogens is 331 g/mol. The van der Waals surface area contributed by atoms with E-state index in [1.165, 1.54) is 12.1 Å². The SMILES string of the molecule is O=C(Nc1ccccc1Oc1cccc(F)c1)[C@H]1C[C@@H]1c1cccnc1. The van der Waals surface area contributed by atoms with Crippen molar-refractivity contribution in [3.05, 3.63) is 84.4 Å². The van der Waals surface area contributed by atoms with Gasteiger partial charge in [0.15, 0.2) is 5.75 Å². The van der Waals surface area contributed by atoms with Gasteiger partial charge in [-0.1, -0.05) is 24.3 Å². The van der Waals surface area contributed by atoms with Crippen molar-refractivity contribution in [1.29, 1.82) is 0 Å². The Hall–Kier alpha value is -3.21. The lowest BCUT2D eigenvalue weighted by atomic mass is 10.1.